The van der Waals surface area contributed by atoms with Crippen LogP contribution in [0.2, 0.25) is 0 Å². The summed E-state index contributed by atoms with van der Waals surface area (Å²) in [4.78, 5) is 37.7. The largest absolute Gasteiger partial charge is 0.545 e. The van der Waals surface area contributed by atoms with Crippen molar-refractivity contribution < 1.29 is 42.9 Å². The summed E-state index contributed by atoms with van der Waals surface area (Å²) >= 11 is 0. The molecule has 0 N–H and O–H groups in total. The molecule has 0 aromatic heterocycles. The van der Waals surface area contributed by atoms with Gasteiger partial charge in [-0.1, -0.05) is 437 Å². The van der Waals surface area contributed by atoms with Crippen LogP contribution in [0.3, 0.4) is 0 Å². The third kappa shape index (κ3) is 81.2. The second-order valence-electron chi connectivity index (χ2n) is 31.5. The molecule has 0 bridgehead atoms. The number of carboxylic acid groups (broad SMARTS) is 1. The maximum absolute atomic E-state index is 13.0. The molecule has 0 spiro atoms. The van der Waals surface area contributed by atoms with Crippen LogP contribution in [0.4, 0.5) is 0 Å². The molecular formula is C88H171NO8. The molecule has 2 atom stereocenters. The van der Waals surface area contributed by atoms with Gasteiger partial charge in [-0.25, -0.2) is 0 Å². The Morgan fingerprint density at radius 3 is 0.763 bits per heavy atom. The molecule has 0 fully saturated rings. The zero-order valence-electron chi connectivity index (χ0n) is 66.3. The van der Waals surface area contributed by atoms with Crippen LogP contribution >= 0.6 is 0 Å². The highest BCUT2D eigenvalue weighted by Crippen LogP contribution is 2.21. The van der Waals surface area contributed by atoms with E-state index in [2.05, 4.69) is 26.0 Å². The van der Waals surface area contributed by atoms with Gasteiger partial charge in [0, 0.05) is 12.8 Å². The van der Waals surface area contributed by atoms with Gasteiger partial charge >= 0.3 is 11.9 Å². The number of allylic oxidation sites excluding steroid dienone is 2. The van der Waals surface area contributed by atoms with Crippen LogP contribution in [0, 0.1) is 0 Å². The lowest BCUT2D eigenvalue weighted by atomic mass is 10.0. The maximum Gasteiger partial charge on any atom is 0.306 e. The number of aliphatic carboxylic acids is 1. The van der Waals surface area contributed by atoms with Gasteiger partial charge in [0.15, 0.2) is 12.4 Å². The third-order valence-electron chi connectivity index (χ3n) is 20.5. The van der Waals surface area contributed by atoms with E-state index in [0.29, 0.717) is 17.4 Å². The van der Waals surface area contributed by atoms with E-state index in [4.69, 9.17) is 18.9 Å². The highest BCUT2D eigenvalue weighted by atomic mass is 16.7. The van der Waals surface area contributed by atoms with E-state index in [9.17, 15) is 19.5 Å². The predicted molar refractivity (Wildman–Crippen MR) is 417 cm³/mol. The van der Waals surface area contributed by atoms with Gasteiger partial charge in [0.1, 0.15) is 13.2 Å². The number of carbonyl (C=O) groups is 3. The SMILES string of the molecule is CCCCCCCCCC/C=C\CCCCCCCCCCCCCCCCCCCCCCCCCCCCCCCC(=O)OC(COC(=O)CCCCCCCCCCCCCCCCCCCCCCCCCCCCCCCCC)COC(OCC[N+](C)(C)C)C(=O)[O-]. The minimum absolute atomic E-state index is 0.153. The van der Waals surface area contributed by atoms with Gasteiger partial charge in [-0.15, -0.1) is 0 Å². The summed E-state index contributed by atoms with van der Waals surface area (Å²) in [6.07, 6.45) is 98.1. The number of esters is 2. The monoisotopic (exact) mass is 1370 g/mol. The Kier molecular flexibility index (Phi) is 78.1. The van der Waals surface area contributed by atoms with E-state index < -0.39 is 24.3 Å². The minimum Gasteiger partial charge on any atom is -0.545 e. The van der Waals surface area contributed by atoms with Gasteiger partial charge in [-0.3, -0.25) is 9.59 Å². The molecule has 0 aliphatic rings. The van der Waals surface area contributed by atoms with Crippen molar-refractivity contribution in [3.63, 3.8) is 0 Å². The first-order chi connectivity index (χ1) is 47.6. The van der Waals surface area contributed by atoms with Crippen LogP contribution in [0.5, 0.6) is 0 Å². The lowest BCUT2D eigenvalue weighted by molar-refractivity contribution is -0.870. The summed E-state index contributed by atoms with van der Waals surface area (Å²) < 4.78 is 22.9. The quantitative estimate of drug-likeness (QED) is 0.0195. The van der Waals surface area contributed by atoms with Gasteiger partial charge in [-0.05, 0) is 38.5 Å². The van der Waals surface area contributed by atoms with Gasteiger partial charge in [0.2, 0.25) is 0 Å². The predicted octanol–water partition coefficient (Wildman–Crippen LogP) is 26.9. The summed E-state index contributed by atoms with van der Waals surface area (Å²) in [6, 6.07) is 0. The molecule has 97 heavy (non-hydrogen) atoms. The number of carboxylic acids is 1. The second-order valence-corrected chi connectivity index (χ2v) is 31.5. The first-order valence-electron chi connectivity index (χ1n) is 43.8. The molecule has 0 aliphatic heterocycles. The topological polar surface area (TPSA) is 111 Å². The van der Waals surface area contributed by atoms with Crippen molar-refractivity contribution in [2.24, 2.45) is 0 Å². The van der Waals surface area contributed by atoms with Crippen LogP contribution in [0.25, 0.3) is 0 Å². The standard InChI is InChI=1S/C88H171NO8/c1-6-8-10-12-14-16-18-20-22-24-26-28-30-32-34-36-38-39-40-41-42-43-44-45-46-47-49-51-53-55-57-59-61-63-65-67-69-71-73-75-77-79-86(91)97-84(83-96-88(87(92)93)94-81-80-89(3,4)5)82-95-85(90)78-76-74-72-70-68-66-64-62-60-58-56-54-52-50-48-37-35-33-31-29-27-25-23-21-19-17-15-13-11-9-7-2/h24,26,84,88H,6-23,25,27-83H2,1-5H3/b26-24-. The molecule has 2 unspecified atom stereocenters. The van der Waals surface area contributed by atoms with Crippen LogP contribution in [0.15, 0.2) is 12.2 Å². The number of carbonyl (C=O) groups excluding carboxylic acids is 3. The fraction of sp³-hybridized carbons (Fsp3) is 0.943. The molecule has 0 aliphatic carbocycles. The number of rotatable bonds is 84. The highest BCUT2D eigenvalue weighted by molar-refractivity contribution is 5.70. The fourth-order valence-corrected chi connectivity index (χ4v) is 13.8. The van der Waals surface area contributed by atoms with Gasteiger partial charge in [0.25, 0.3) is 0 Å². The Morgan fingerprint density at radius 2 is 0.526 bits per heavy atom. The van der Waals surface area contributed by atoms with Crippen molar-refractivity contribution in [2.75, 3.05) is 47.5 Å². The highest BCUT2D eigenvalue weighted by Gasteiger charge is 2.22. The van der Waals surface area contributed by atoms with E-state index in [-0.39, 0.29) is 32.2 Å². The van der Waals surface area contributed by atoms with Crippen molar-refractivity contribution in [3.05, 3.63) is 12.2 Å². The lowest BCUT2D eigenvalue weighted by Gasteiger charge is -2.26. The average molecular weight is 1370 g/mol. The number of hydrogen-bond donors (Lipinski definition) is 0. The Labute approximate surface area is 606 Å². The minimum atomic E-state index is -1.62. The van der Waals surface area contributed by atoms with Crippen LogP contribution in [-0.2, 0) is 33.3 Å². The Hall–Kier alpha value is -1.97. The summed E-state index contributed by atoms with van der Waals surface area (Å²) in [5.41, 5.74) is 0. The van der Waals surface area contributed by atoms with Crippen molar-refractivity contribution in [1.82, 2.24) is 0 Å². The number of nitrogens with zero attached hydrogens (tertiary/aromatic N) is 1. The molecule has 0 rings (SSSR count). The molecule has 9 heteroatoms. The molecular weight excluding hydrogens is 1200 g/mol. The first kappa shape index (κ1) is 95.0. The van der Waals surface area contributed by atoms with E-state index in [0.717, 1.165) is 38.5 Å². The van der Waals surface area contributed by atoms with E-state index in [1.165, 1.54) is 411 Å². The number of quaternary nitrogens is 1. The Morgan fingerprint density at radius 1 is 0.299 bits per heavy atom. The lowest BCUT2D eigenvalue weighted by Crippen LogP contribution is -2.44. The summed E-state index contributed by atoms with van der Waals surface area (Å²) in [5.74, 6) is -2.24. The second kappa shape index (κ2) is 79.7. The third-order valence-corrected chi connectivity index (χ3v) is 20.5. The molecule has 0 aromatic carbocycles. The smallest absolute Gasteiger partial charge is 0.306 e. The van der Waals surface area contributed by atoms with Gasteiger partial charge < -0.3 is 33.3 Å². The molecule has 9 nitrogen and oxygen atoms in total. The van der Waals surface area contributed by atoms with Crippen molar-refractivity contribution in [1.29, 1.82) is 0 Å². The molecule has 576 valence electrons. The van der Waals surface area contributed by atoms with Crippen molar-refractivity contribution in [2.45, 2.75) is 489 Å². The van der Waals surface area contributed by atoms with Crippen molar-refractivity contribution >= 4 is 17.9 Å². The number of likely N-dealkylation sites (N-methyl/N-ethyl adjacent to an activating group) is 1. The zero-order chi connectivity index (χ0) is 70.4. The normalized spacial score (nSPS) is 12.5. The molecule has 0 heterocycles. The fourth-order valence-electron chi connectivity index (χ4n) is 13.8. The summed E-state index contributed by atoms with van der Waals surface area (Å²) in [7, 11) is 5.96. The number of unbranched alkanes of at least 4 members (excludes halogenated alkanes) is 67. The van der Waals surface area contributed by atoms with E-state index in [1.807, 2.05) is 21.1 Å². The Bertz CT molecular complexity index is 1600. The summed E-state index contributed by atoms with van der Waals surface area (Å²) in [5, 5.41) is 11.9. The molecule has 0 saturated heterocycles. The van der Waals surface area contributed by atoms with Crippen LogP contribution in [-0.4, -0.2) is 82.3 Å². The van der Waals surface area contributed by atoms with Crippen LogP contribution < -0.4 is 5.11 Å². The molecule has 0 aromatic rings. The first-order valence-corrected chi connectivity index (χ1v) is 43.8. The van der Waals surface area contributed by atoms with E-state index >= 15 is 0 Å². The molecule has 0 amide bonds. The maximum atomic E-state index is 13.0. The average Bonchev–Trinajstić information content (AvgIpc) is 3.27. The molecule has 0 radical (unpaired) electrons. The van der Waals surface area contributed by atoms with E-state index in [1.54, 1.807) is 0 Å². The number of ether oxygens (including phenoxy) is 4. The summed E-state index contributed by atoms with van der Waals surface area (Å²) in [6.45, 7) is 4.85. The van der Waals surface area contributed by atoms with Crippen molar-refractivity contribution in [3.8, 4) is 0 Å². The zero-order valence-corrected chi connectivity index (χ0v) is 66.3. The Balaban J connectivity index is 3.88. The van der Waals surface area contributed by atoms with Gasteiger partial charge in [-0.2, -0.15) is 0 Å². The number of hydrogen-bond acceptors (Lipinski definition) is 8. The molecule has 0 saturated carbocycles. The van der Waals surface area contributed by atoms with Crippen LogP contribution in [0.1, 0.15) is 476 Å². The van der Waals surface area contributed by atoms with Gasteiger partial charge in [0.05, 0.1) is 40.3 Å².